The minimum atomic E-state index is -1.50. The third-order valence-corrected chi connectivity index (χ3v) is 5.24. The van der Waals surface area contributed by atoms with E-state index in [0.29, 0.717) is 17.7 Å². The SMILES string of the molecule is C=CCCC(=O)CC[C@H](NC(=O)OC(C)(C)C)C(=O)OCc1ccccc1.O=C(O)[C@@H]1CCC(=O)N1C(=O)O. The summed E-state index contributed by atoms with van der Waals surface area (Å²) in [5.41, 5.74) is 0.145. The average molecular weight is 549 g/mol. The molecular weight excluding hydrogens is 512 g/mol. The molecule has 1 aromatic rings. The molecule has 2 rings (SSSR count). The number of likely N-dealkylation sites (tertiary alicyclic amines) is 1. The van der Waals surface area contributed by atoms with Crippen molar-refractivity contribution in [3.63, 3.8) is 0 Å². The first kappa shape index (κ1) is 32.8. The van der Waals surface area contributed by atoms with Gasteiger partial charge in [-0.1, -0.05) is 36.4 Å². The lowest BCUT2D eigenvalue weighted by atomic mass is 10.1. The number of rotatable bonds is 11. The number of nitrogens with one attached hydrogen (secondary N) is 1. The van der Waals surface area contributed by atoms with Gasteiger partial charge in [0, 0.05) is 19.3 Å². The number of carbonyl (C=O) groups is 6. The van der Waals surface area contributed by atoms with Crippen molar-refractivity contribution in [2.45, 2.75) is 83.6 Å². The molecule has 0 spiro atoms. The van der Waals surface area contributed by atoms with Gasteiger partial charge >= 0.3 is 24.1 Å². The van der Waals surface area contributed by atoms with Crippen LogP contribution in [0.3, 0.4) is 0 Å². The number of ketones is 1. The van der Waals surface area contributed by atoms with E-state index in [1.54, 1.807) is 26.8 Å². The van der Waals surface area contributed by atoms with E-state index in [1.165, 1.54) is 0 Å². The van der Waals surface area contributed by atoms with Crippen molar-refractivity contribution in [1.82, 2.24) is 10.2 Å². The molecule has 39 heavy (non-hydrogen) atoms. The van der Waals surface area contributed by atoms with Crippen LogP contribution in [-0.4, -0.2) is 68.6 Å². The summed E-state index contributed by atoms with van der Waals surface area (Å²) in [7, 11) is 0. The van der Waals surface area contributed by atoms with E-state index in [2.05, 4.69) is 11.9 Å². The number of hydrogen-bond donors (Lipinski definition) is 3. The van der Waals surface area contributed by atoms with Crippen LogP contribution in [0.25, 0.3) is 0 Å². The number of benzene rings is 1. The monoisotopic (exact) mass is 548 g/mol. The summed E-state index contributed by atoms with van der Waals surface area (Å²) in [4.78, 5) is 68.3. The highest BCUT2D eigenvalue weighted by Crippen LogP contribution is 2.18. The molecule has 3 amide bonds. The first-order valence-corrected chi connectivity index (χ1v) is 12.4. The van der Waals surface area contributed by atoms with Gasteiger partial charge in [0.1, 0.15) is 30.1 Å². The van der Waals surface area contributed by atoms with Gasteiger partial charge in [-0.25, -0.2) is 24.1 Å². The van der Waals surface area contributed by atoms with Gasteiger partial charge in [-0.3, -0.25) is 9.59 Å². The Bertz CT molecular complexity index is 1030. The van der Waals surface area contributed by atoms with Gasteiger partial charge in [0.15, 0.2) is 0 Å². The fraction of sp³-hybridized carbons (Fsp3) is 0.481. The molecule has 0 saturated carbocycles. The van der Waals surface area contributed by atoms with Crippen LogP contribution < -0.4 is 5.32 Å². The van der Waals surface area contributed by atoms with Crippen LogP contribution in [0.15, 0.2) is 43.0 Å². The van der Waals surface area contributed by atoms with Gasteiger partial charge in [-0.05, 0) is 45.6 Å². The van der Waals surface area contributed by atoms with Crippen molar-refractivity contribution < 1.29 is 48.5 Å². The molecule has 0 aromatic heterocycles. The number of hydrogen-bond acceptors (Lipinski definition) is 8. The number of esters is 1. The van der Waals surface area contributed by atoms with Crippen molar-refractivity contribution in [2.24, 2.45) is 0 Å². The van der Waals surface area contributed by atoms with Crippen molar-refractivity contribution in [3.8, 4) is 0 Å². The summed E-state index contributed by atoms with van der Waals surface area (Å²) in [6.07, 6.45) is 0.778. The lowest BCUT2D eigenvalue weighted by molar-refractivity contribution is -0.147. The Morgan fingerprint density at radius 2 is 1.77 bits per heavy atom. The Labute approximate surface area is 226 Å². The number of carboxylic acid groups (broad SMARTS) is 2. The third-order valence-electron chi connectivity index (χ3n) is 5.24. The number of carbonyl (C=O) groups excluding carboxylic acids is 4. The van der Waals surface area contributed by atoms with E-state index in [9.17, 15) is 28.8 Å². The van der Waals surface area contributed by atoms with Crippen LogP contribution in [0.2, 0.25) is 0 Å². The molecule has 1 saturated heterocycles. The maximum atomic E-state index is 12.4. The second-order valence-corrected chi connectivity index (χ2v) is 9.64. The number of amides is 3. The fourth-order valence-electron chi connectivity index (χ4n) is 3.38. The Kier molecular flexibility index (Phi) is 13.4. The molecule has 12 nitrogen and oxygen atoms in total. The minimum Gasteiger partial charge on any atom is -0.480 e. The van der Waals surface area contributed by atoms with Gasteiger partial charge in [-0.2, -0.15) is 0 Å². The van der Waals surface area contributed by atoms with E-state index >= 15 is 0 Å². The molecule has 0 bridgehead atoms. The molecule has 1 aliphatic rings. The molecule has 1 aromatic carbocycles. The molecule has 214 valence electrons. The highest BCUT2D eigenvalue weighted by Gasteiger charge is 2.40. The summed E-state index contributed by atoms with van der Waals surface area (Å²) in [5.74, 6) is -2.51. The largest absolute Gasteiger partial charge is 0.480 e. The number of allylic oxidation sites excluding steroid dienone is 1. The number of ether oxygens (including phenoxy) is 2. The van der Waals surface area contributed by atoms with E-state index in [-0.39, 0.29) is 38.1 Å². The van der Waals surface area contributed by atoms with Crippen LogP contribution in [-0.2, 0) is 35.3 Å². The maximum absolute atomic E-state index is 12.4. The zero-order chi connectivity index (χ0) is 29.6. The van der Waals surface area contributed by atoms with Gasteiger partial charge in [0.2, 0.25) is 5.91 Å². The smallest absolute Gasteiger partial charge is 0.414 e. The van der Waals surface area contributed by atoms with E-state index in [0.717, 1.165) is 5.56 Å². The van der Waals surface area contributed by atoms with Crippen molar-refractivity contribution in [3.05, 3.63) is 48.6 Å². The number of alkyl carbamates (subject to hydrolysis) is 1. The molecule has 0 radical (unpaired) electrons. The summed E-state index contributed by atoms with van der Waals surface area (Å²) in [6, 6.07) is 7.08. The average Bonchev–Trinajstić information content (AvgIpc) is 3.25. The first-order chi connectivity index (χ1) is 18.2. The molecular formula is C27H36N2O10. The lowest BCUT2D eigenvalue weighted by Crippen LogP contribution is -2.44. The molecule has 0 unspecified atom stereocenters. The highest BCUT2D eigenvalue weighted by molar-refractivity contribution is 5.98. The van der Waals surface area contributed by atoms with Gasteiger partial charge in [-0.15, -0.1) is 6.58 Å². The topological polar surface area (TPSA) is 177 Å². The predicted octanol–water partition coefficient (Wildman–Crippen LogP) is 3.68. The highest BCUT2D eigenvalue weighted by atomic mass is 16.6. The van der Waals surface area contributed by atoms with Crippen molar-refractivity contribution in [2.75, 3.05) is 0 Å². The Hall–Kier alpha value is -4.22. The summed E-state index contributed by atoms with van der Waals surface area (Å²) in [6.45, 7) is 8.87. The van der Waals surface area contributed by atoms with E-state index in [4.69, 9.17) is 19.7 Å². The number of Topliss-reactive ketones (excluding diaryl/α,β-unsaturated/α-hetero) is 1. The summed E-state index contributed by atoms with van der Waals surface area (Å²) >= 11 is 0. The number of carboxylic acids is 1. The zero-order valence-electron chi connectivity index (χ0n) is 22.4. The number of nitrogens with zero attached hydrogens (tertiary/aromatic N) is 1. The molecule has 1 aliphatic heterocycles. The second kappa shape index (κ2) is 15.9. The summed E-state index contributed by atoms with van der Waals surface area (Å²) in [5, 5.41) is 19.5. The Morgan fingerprint density at radius 1 is 1.13 bits per heavy atom. The second-order valence-electron chi connectivity index (χ2n) is 9.64. The van der Waals surface area contributed by atoms with Crippen LogP contribution in [0.5, 0.6) is 0 Å². The van der Waals surface area contributed by atoms with Crippen LogP contribution >= 0.6 is 0 Å². The molecule has 1 fully saturated rings. The standard InChI is InChI=1S/C21H29NO5.C6H7NO5/c1-5-6-12-17(23)13-14-18(22-20(25)27-21(2,3)4)19(24)26-15-16-10-8-7-9-11-16;8-4-2-1-3(5(9)10)7(4)6(11)12/h5,7-11,18H,1,6,12-15H2,2-4H3,(H,22,25);3H,1-2H2,(H,9,10)(H,11,12)/t18-;3-/m00/s1. The fourth-order valence-corrected chi connectivity index (χ4v) is 3.38. The van der Waals surface area contributed by atoms with Crippen molar-refractivity contribution in [1.29, 1.82) is 0 Å². The first-order valence-electron chi connectivity index (χ1n) is 12.4. The minimum absolute atomic E-state index is 0.00162. The van der Waals surface area contributed by atoms with E-state index in [1.807, 2.05) is 30.3 Å². The zero-order valence-corrected chi connectivity index (χ0v) is 22.4. The predicted molar refractivity (Wildman–Crippen MR) is 139 cm³/mol. The quantitative estimate of drug-likeness (QED) is 0.273. The number of imide groups is 1. The lowest BCUT2D eigenvalue weighted by Gasteiger charge is -2.23. The van der Waals surface area contributed by atoms with Crippen LogP contribution in [0.1, 0.15) is 64.9 Å². The van der Waals surface area contributed by atoms with Gasteiger partial charge in [0.05, 0.1) is 0 Å². The molecule has 3 N–H and O–H groups in total. The third kappa shape index (κ3) is 12.7. The molecule has 1 heterocycles. The maximum Gasteiger partial charge on any atom is 0.414 e. The Balaban J connectivity index is 0.000000525. The van der Waals surface area contributed by atoms with Gasteiger partial charge in [0.25, 0.3) is 0 Å². The van der Waals surface area contributed by atoms with Crippen LogP contribution in [0, 0.1) is 0 Å². The molecule has 2 atom stereocenters. The summed E-state index contributed by atoms with van der Waals surface area (Å²) < 4.78 is 10.5. The molecule has 12 heteroatoms. The molecule has 0 aliphatic carbocycles. The number of aliphatic carboxylic acids is 1. The van der Waals surface area contributed by atoms with Crippen LogP contribution in [0.4, 0.5) is 9.59 Å². The van der Waals surface area contributed by atoms with E-state index < -0.39 is 47.7 Å². The normalized spacial score (nSPS) is 15.3. The van der Waals surface area contributed by atoms with Gasteiger partial charge < -0.3 is 25.0 Å². The Morgan fingerprint density at radius 3 is 2.28 bits per heavy atom. The van der Waals surface area contributed by atoms with Crippen molar-refractivity contribution >= 4 is 35.8 Å².